The molecule has 10 heteroatoms. The third kappa shape index (κ3) is 4.23. The number of aromatic nitrogens is 1. The first-order valence-corrected chi connectivity index (χ1v) is 11.8. The van der Waals surface area contributed by atoms with Crippen LogP contribution in [0.1, 0.15) is 23.5 Å². The van der Waals surface area contributed by atoms with Gasteiger partial charge in [-0.2, -0.15) is 4.31 Å². The van der Waals surface area contributed by atoms with Gasteiger partial charge >= 0.3 is 0 Å². The zero-order valence-corrected chi connectivity index (χ0v) is 19.0. The molecule has 0 fully saturated rings. The Hall–Kier alpha value is -1.52. The number of halogens is 2. The molecule has 0 atom stereocenters. The minimum Gasteiger partial charge on any atom is -0.321 e. The zero-order valence-electron chi connectivity index (χ0n) is 15.1. The zero-order chi connectivity index (χ0) is 20.5. The predicted molar refractivity (Wildman–Crippen MR) is 117 cm³/mol. The first kappa shape index (κ1) is 21.2. The van der Waals surface area contributed by atoms with Crippen LogP contribution in [0.2, 0.25) is 5.02 Å². The van der Waals surface area contributed by atoms with Crippen molar-refractivity contribution in [1.82, 2.24) is 9.29 Å². The van der Waals surface area contributed by atoms with Gasteiger partial charge in [-0.15, -0.1) is 11.3 Å². The van der Waals surface area contributed by atoms with Crippen molar-refractivity contribution in [2.24, 2.45) is 0 Å². The number of fused-ring (bicyclic) bond motifs is 1. The summed E-state index contributed by atoms with van der Waals surface area (Å²) in [6.07, 6.45) is 1.67. The molecule has 0 spiro atoms. The summed E-state index contributed by atoms with van der Waals surface area (Å²) < 4.78 is 27.7. The smallest absolute Gasteiger partial charge is 0.265 e. The maximum Gasteiger partial charge on any atom is 0.265 e. The monoisotopic (exact) mass is 501 g/mol. The second-order valence-electron chi connectivity index (χ2n) is 5.85. The van der Waals surface area contributed by atoms with Crippen molar-refractivity contribution < 1.29 is 13.2 Å². The van der Waals surface area contributed by atoms with Gasteiger partial charge in [-0.25, -0.2) is 13.4 Å². The summed E-state index contributed by atoms with van der Waals surface area (Å²) in [5, 5.41) is 3.70. The van der Waals surface area contributed by atoms with Crippen molar-refractivity contribution in [3.8, 4) is 0 Å². The molecule has 1 N–H and O–H groups in total. The Kier molecular flexibility index (Phi) is 6.41. The van der Waals surface area contributed by atoms with E-state index in [1.54, 1.807) is 32.2 Å². The van der Waals surface area contributed by atoms with Gasteiger partial charge in [-0.1, -0.05) is 25.4 Å². The van der Waals surface area contributed by atoms with E-state index in [-0.39, 0.29) is 15.8 Å². The average molecular weight is 503 g/mol. The fraction of sp³-hybridized carbons (Fsp3) is 0.222. The Morgan fingerprint density at radius 1 is 1.25 bits per heavy atom. The van der Waals surface area contributed by atoms with Crippen LogP contribution in [0.25, 0.3) is 10.2 Å². The summed E-state index contributed by atoms with van der Waals surface area (Å²) in [4.78, 5) is 18.1. The Morgan fingerprint density at radius 3 is 2.64 bits per heavy atom. The molecule has 2 heterocycles. The third-order valence-corrected chi connectivity index (χ3v) is 8.10. The summed E-state index contributed by atoms with van der Waals surface area (Å²) >= 11 is 10.8. The Morgan fingerprint density at radius 2 is 1.96 bits per heavy atom. The molecule has 0 radical (unpaired) electrons. The van der Waals surface area contributed by atoms with E-state index >= 15 is 0 Å². The van der Waals surface area contributed by atoms with Gasteiger partial charge in [0.15, 0.2) is 0 Å². The summed E-state index contributed by atoms with van der Waals surface area (Å²) in [6.45, 7) is 4.18. The van der Waals surface area contributed by atoms with Gasteiger partial charge < -0.3 is 5.32 Å². The number of nitrogens with zero attached hydrogens (tertiary/aromatic N) is 2. The molecule has 1 amide bonds. The topological polar surface area (TPSA) is 79.4 Å². The number of carbonyl (C=O) groups excluding carboxylic acids is 1. The number of anilines is 1. The van der Waals surface area contributed by atoms with Gasteiger partial charge in [0.05, 0.1) is 9.90 Å². The lowest BCUT2D eigenvalue weighted by molar-refractivity contribution is 0.103. The number of pyridine rings is 1. The van der Waals surface area contributed by atoms with Gasteiger partial charge in [-0.05, 0) is 46.3 Å². The quantitative estimate of drug-likeness (QED) is 0.515. The van der Waals surface area contributed by atoms with E-state index in [4.69, 9.17) is 11.6 Å². The van der Waals surface area contributed by atoms with Crippen molar-refractivity contribution >= 4 is 70.7 Å². The molecule has 0 unspecified atom stereocenters. The largest absolute Gasteiger partial charge is 0.321 e. The van der Waals surface area contributed by atoms with Crippen LogP contribution in [-0.4, -0.2) is 36.7 Å². The fourth-order valence-electron chi connectivity index (χ4n) is 2.69. The summed E-state index contributed by atoms with van der Waals surface area (Å²) in [7, 11) is -3.74. The predicted octanol–water partition coefficient (Wildman–Crippen LogP) is 5.00. The highest BCUT2D eigenvalue weighted by Gasteiger charge is 2.25. The molecule has 0 saturated heterocycles. The minimum atomic E-state index is -3.74. The van der Waals surface area contributed by atoms with Crippen LogP contribution >= 0.6 is 38.9 Å². The highest BCUT2D eigenvalue weighted by Crippen LogP contribution is 2.30. The SMILES string of the molecule is CCN(CC)S(=O)(=O)c1cc(NC(=O)c2cc3cc(Br)cnc3s2)ccc1Cl. The summed E-state index contributed by atoms with van der Waals surface area (Å²) in [6, 6.07) is 8.06. The molecule has 28 heavy (non-hydrogen) atoms. The number of hydrogen-bond acceptors (Lipinski definition) is 5. The molecule has 0 aliphatic heterocycles. The summed E-state index contributed by atoms with van der Waals surface area (Å²) in [5.41, 5.74) is 0.353. The number of amides is 1. The highest BCUT2D eigenvalue weighted by atomic mass is 79.9. The van der Waals surface area contributed by atoms with E-state index < -0.39 is 10.0 Å². The molecular weight excluding hydrogens is 486 g/mol. The average Bonchev–Trinajstić information content (AvgIpc) is 3.07. The Bertz CT molecular complexity index is 1140. The molecule has 148 valence electrons. The Labute approximate surface area is 180 Å². The molecule has 0 bridgehead atoms. The normalized spacial score (nSPS) is 11.9. The van der Waals surface area contributed by atoms with E-state index in [1.807, 2.05) is 6.07 Å². The highest BCUT2D eigenvalue weighted by molar-refractivity contribution is 9.10. The van der Waals surface area contributed by atoms with E-state index in [9.17, 15) is 13.2 Å². The standard InChI is InChI=1S/C18H17BrClN3O3S2/c1-3-23(4-2)28(25,26)16-9-13(5-6-14(16)20)22-17(24)15-8-11-7-12(19)10-21-18(11)27-15/h5-10H,3-4H2,1-2H3,(H,22,24). The molecular formula is C18H17BrClN3O3S2. The summed E-state index contributed by atoms with van der Waals surface area (Å²) in [5.74, 6) is -0.340. The van der Waals surface area contributed by atoms with Crippen molar-refractivity contribution in [1.29, 1.82) is 0 Å². The molecule has 3 aromatic rings. The maximum atomic E-state index is 12.8. The number of hydrogen-bond donors (Lipinski definition) is 1. The minimum absolute atomic E-state index is 0.0300. The van der Waals surface area contributed by atoms with E-state index in [2.05, 4.69) is 26.2 Å². The third-order valence-electron chi connectivity index (χ3n) is 4.07. The van der Waals surface area contributed by atoms with E-state index in [1.165, 1.54) is 27.8 Å². The van der Waals surface area contributed by atoms with Crippen LogP contribution in [0.3, 0.4) is 0 Å². The maximum absolute atomic E-state index is 12.8. The molecule has 0 saturated carbocycles. The lowest BCUT2D eigenvalue weighted by Gasteiger charge is -2.19. The van der Waals surface area contributed by atoms with Gasteiger partial charge in [-0.3, -0.25) is 4.79 Å². The van der Waals surface area contributed by atoms with Crippen molar-refractivity contribution in [2.45, 2.75) is 18.7 Å². The lowest BCUT2D eigenvalue weighted by atomic mass is 10.3. The fourth-order valence-corrected chi connectivity index (χ4v) is 5.88. The van der Waals surface area contributed by atoms with E-state index in [0.29, 0.717) is 23.7 Å². The number of sulfonamides is 1. The van der Waals surface area contributed by atoms with Crippen molar-refractivity contribution in [3.05, 3.63) is 50.9 Å². The Balaban J connectivity index is 1.91. The molecule has 0 aliphatic carbocycles. The van der Waals surface area contributed by atoms with Crippen LogP contribution in [0.5, 0.6) is 0 Å². The van der Waals surface area contributed by atoms with Gasteiger partial charge in [0.25, 0.3) is 5.91 Å². The van der Waals surface area contributed by atoms with Crippen molar-refractivity contribution in [2.75, 3.05) is 18.4 Å². The number of nitrogens with one attached hydrogen (secondary N) is 1. The number of thiophene rings is 1. The van der Waals surface area contributed by atoms with Gasteiger partial charge in [0.2, 0.25) is 10.0 Å². The molecule has 3 rings (SSSR count). The van der Waals surface area contributed by atoms with Crippen molar-refractivity contribution in [3.63, 3.8) is 0 Å². The number of carbonyl (C=O) groups is 1. The molecule has 0 aliphatic rings. The van der Waals surface area contributed by atoms with Crippen LogP contribution in [-0.2, 0) is 10.0 Å². The van der Waals surface area contributed by atoms with Gasteiger partial charge in [0, 0.05) is 34.8 Å². The molecule has 2 aromatic heterocycles. The van der Waals surface area contributed by atoms with Gasteiger partial charge in [0.1, 0.15) is 9.73 Å². The first-order chi connectivity index (χ1) is 13.3. The van der Waals surface area contributed by atoms with Crippen LogP contribution < -0.4 is 5.32 Å². The van der Waals surface area contributed by atoms with E-state index in [0.717, 1.165) is 14.7 Å². The molecule has 6 nitrogen and oxygen atoms in total. The number of rotatable bonds is 6. The molecule has 1 aromatic carbocycles. The second-order valence-corrected chi connectivity index (χ2v) is 10.1. The van der Waals surface area contributed by atoms with Crippen LogP contribution in [0, 0.1) is 0 Å². The lowest BCUT2D eigenvalue weighted by Crippen LogP contribution is -2.30. The van der Waals surface area contributed by atoms with Crippen LogP contribution in [0.4, 0.5) is 5.69 Å². The number of benzene rings is 1. The second kappa shape index (κ2) is 8.46. The first-order valence-electron chi connectivity index (χ1n) is 8.42. The van der Waals surface area contributed by atoms with Crippen LogP contribution in [0.15, 0.2) is 45.9 Å².